The second kappa shape index (κ2) is 5.52. The Morgan fingerprint density at radius 1 is 1.44 bits per heavy atom. The fourth-order valence-electron chi connectivity index (χ4n) is 2.45. The molecule has 1 unspecified atom stereocenters. The fraction of sp³-hybridized carbons (Fsp3) is 0.692. The van der Waals surface area contributed by atoms with E-state index in [1.165, 1.54) is 6.42 Å². The predicted octanol–water partition coefficient (Wildman–Crippen LogP) is 1.36. The summed E-state index contributed by atoms with van der Waals surface area (Å²) in [6.07, 6.45) is 3.07. The summed E-state index contributed by atoms with van der Waals surface area (Å²) in [4.78, 5) is 13.7. The number of anilines is 2. The first-order valence-corrected chi connectivity index (χ1v) is 6.62. The van der Waals surface area contributed by atoms with Gasteiger partial charge in [0, 0.05) is 44.5 Å². The van der Waals surface area contributed by atoms with Crippen molar-refractivity contribution in [1.82, 2.24) is 14.9 Å². The summed E-state index contributed by atoms with van der Waals surface area (Å²) in [5.41, 5.74) is 1.15. The van der Waals surface area contributed by atoms with Crippen LogP contribution in [-0.4, -0.2) is 54.6 Å². The Balaban J connectivity index is 2.20. The number of likely N-dealkylation sites (N-methyl/N-ethyl adjacent to an activating group) is 1. The van der Waals surface area contributed by atoms with Crippen LogP contribution in [0.1, 0.15) is 18.9 Å². The molecule has 5 nitrogen and oxygen atoms in total. The van der Waals surface area contributed by atoms with Crippen molar-refractivity contribution in [1.29, 1.82) is 0 Å². The fourth-order valence-corrected chi connectivity index (χ4v) is 2.45. The van der Waals surface area contributed by atoms with E-state index in [1.54, 1.807) is 0 Å². The van der Waals surface area contributed by atoms with Crippen LogP contribution in [0.4, 0.5) is 11.8 Å². The lowest BCUT2D eigenvalue weighted by molar-refractivity contribution is 0.213. The van der Waals surface area contributed by atoms with Crippen molar-refractivity contribution in [3.05, 3.63) is 11.8 Å². The predicted molar refractivity (Wildman–Crippen MR) is 75.2 cm³/mol. The Kier molecular flexibility index (Phi) is 4.01. The van der Waals surface area contributed by atoms with Crippen molar-refractivity contribution in [2.75, 3.05) is 43.9 Å². The van der Waals surface area contributed by atoms with Gasteiger partial charge in [-0.05, 0) is 20.4 Å². The maximum Gasteiger partial charge on any atom is 0.224 e. The number of aryl methyl sites for hydroxylation is 1. The molecule has 0 spiro atoms. The normalized spacial score (nSPS) is 21.1. The van der Waals surface area contributed by atoms with Gasteiger partial charge in [0.05, 0.1) is 0 Å². The maximum absolute atomic E-state index is 4.59. The standard InChI is InChI=1S/C13H23N5/c1-5-11-9-18(7-6-17(11)4)12-10(2)8-15-13(14-3)16-12/h8,11H,5-7,9H2,1-4H3,(H,14,15,16). The molecular formula is C13H23N5. The Hall–Kier alpha value is -1.36. The van der Waals surface area contributed by atoms with Crippen molar-refractivity contribution in [2.45, 2.75) is 26.3 Å². The highest BCUT2D eigenvalue weighted by Crippen LogP contribution is 2.21. The molecule has 18 heavy (non-hydrogen) atoms. The molecule has 1 aliphatic heterocycles. The molecule has 2 rings (SSSR count). The third-order valence-corrected chi connectivity index (χ3v) is 3.72. The zero-order chi connectivity index (χ0) is 13.1. The average Bonchev–Trinajstić information content (AvgIpc) is 2.40. The van der Waals surface area contributed by atoms with Crippen LogP contribution < -0.4 is 10.2 Å². The van der Waals surface area contributed by atoms with Crippen LogP contribution in [0.5, 0.6) is 0 Å². The van der Waals surface area contributed by atoms with E-state index >= 15 is 0 Å². The van der Waals surface area contributed by atoms with Gasteiger partial charge in [-0.3, -0.25) is 4.90 Å². The molecule has 0 radical (unpaired) electrons. The molecular weight excluding hydrogens is 226 g/mol. The highest BCUT2D eigenvalue weighted by atomic mass is 15.3. The summed E-state index contributed by atoms with van der Waals surface area (Å²) in [6.45, 7) is 7.50. The molecule has 2 heterocycles. The van der Waals surface area contributed by atoms with E-state index in [0.717, 1.165) is 31.0 Å². The summed E-state index contributed by atoms with van der Waals surface area (Å²) >= 11 is 0. The van der Waals surface area contributed by atoms with Gasteiger partial charge in [0.25, 0.3) is 0 Å². The zero-order valence-electron chi connectivity index (χ0n) is 11.8. The number of hydrogen-bond donors (Lipinski definition) is 1. The van der Waals surface area contributed by atoms with E-state index in [0.29, 0.717) is 12.0 Å². The van der Waals surface area contributed by atoms with E-state index in [-0.39, 0.29) is 0 Å². The van der Waals surface area contributed by atoms with E-state index in [2.05, 4.69) is 46.0 Å². The van der Waals surface area contributed by atoms with Crippen molar-refractivity contribution >= 4 is 11.8 Å². The molecule has 0 aromatic carbocycles. The molecule has 0 amide bonds. The second-order valence-corrected chi connectivity index (χ2v) is 4.94. The Bertz CT molecular complexity index is 406. The van der Waals surface area contributed by atoms with E-state index < -0.39 is 0 Å². The monoisotopic (exact) mass is 249 g/mol. The van der Waals surface area contributed by atoms with Gasteiger partial charge in [0.2, 0.25) is 5.95 Å². The third-order valence-electron chi connectivity index (χ3n) is 3.72. The first kappa shape index (κ1) is 13.1. The minimum absolute atomic E-state index is 0.617. The molecule has 100 valence electrons. The highest BCUT2D eigenvalue weighted by Gasteiger charge is 2.24. The topological polar surface area (TPSA) is 44.3 Å². The summed E-state index contributed by atoms with van der Waals surface area (Å²) in [5.74, 6) is 1.77. The minimum Gasteiger partial charge on any atom is -0.357 e. The molecule has 0 aliphatic carbocycles. The van der Waals surface area contributed by atoms with E-state index in [4.69, 9.17) is 0 Å². The summed E-state index contributed by atoms with van der Waals surface area (Å²) in [7, 11) is 4.06. The Morgan fingerprint density at radius 2 is 2.22 bits per heavy atom. The van der Waals surface area contributed by atoms with Gasteiger partial charge >= 0.3 is 0 Å². The maximum atomic E-state index is 4.59. The van der Waals surface area contributed by atoms with Gasteiger partial charge in [-0.15, -0.1) is 0 Å². The number of rotatable bonds is 3. The molecule has 0 saturated carbocycles. The van der Waals surface area contributed by atoms with Gasteiger partial charge in [-0.25, -0.2) is 4.98 Å². The lowest BCUT2D eigenvalue weighted by Crippen LogP contribution is -2.51. The largest absolute Gasteiger partial charge is 0.357 e. The van der Waals surface area contributed by atoms with Crippen LogP contribution in [-0.2, 0) is 0 Å². The SMILES string of the molecule is CCC1CN(c2nc(NC)ncc2C)CCN1C. The number of piperazine rings is 1. The Morgan fingerprint density at radius 3 is 2.89 bits per heavy atom. The Labute approximate surface area is 109 Å². The number of hydrogen-bond acceptors (Lipinski definition) is 5. The molecule has 0 bridgehead atoms. The molecule has 1 N–H and O–H groups in total. The summed E-state index contributed by atoms with van der Waals surface area (Å²) in [5, 5.41) is 3.01. The van der Waals surface area contributed by atoms with Crippen molar-refractivity contribution in [2.24, 2.45) is 0 Å². The van der Waals surface area contributed by atoms with Crippen LogP contribution in [0.3, 0.4) is 0 Å². The number of nitrogens with zero attached hydrogens (tertiary/aromatic N) is 4. The van der Waals surface area contributed by atoms with Crippen molar-refractivity contribution in [3.8, 4) is 0 Å². The molecule has 5 heteroatoms. The molecule has 1 fully saturated rings. The van der Waals surface area contributed by atoms with Crippen LogP contribution in [0.25, 0.3) is 0 Å². The zero-order valence-corrected chi connectivity index (χ0v) is 11.8. The van der Waals surface area contributed by atoms with Crippen LogP contribution >= 0.6 is 0 Å². The minimum atomic E-state index is 0.617. The van der Waals surface area contributed by atoms with Gasteiger partial charge in [-0.2, -0.15) is 4.98 Å². The molecule has 1 aromatic rings. The van der Waals surface area contributed by atoms with E-state index in [9.17, 15) is 0 Å². The van der Waals surface area contributed by atoms with Gasteiger partial charge in [0.15, 0.2) is 0 Å². The summed E-state index contributed by atoms with van der Waals surface area (Å²) in [6, 6.07) is 0.617. The van der Waals surface area contributed by atoms with Crippen molar-refractivity contribution in [3.63, 3.8) is 0 Å². The van der Waals surface area contributed by atoms with Gasteiger partial charge in [-0.1, -0.05) is 6.92 Å². The third kappa shape index (κ3) is 2.56. The number of nitrogens with one attached hydrogen (secondary N) is 1. The van der Waals surface area contributed by atoms with Crippen molar-refractivity contribution < 1.29 is 0 Å². The smallest absolute Gasteiger partial charge is 0.224 e. The lowest BCUT2D eigenvalue weighted by atomic mass is 10.1. The van der Waals surface area contributed by atoms with Crippen LogP contribution in [0.15, 0.2) is 6.20 Å². The molecule has 1 saturated heterocycles. The average molecular weight is 249 g/mol. The first-order chi connectivity index (χ1) is 8.65. The molecule has 1 aromatic heterocycles. The van der Waals surface area contributed by atoms with Crippen LogP contribution in [0, 0.1) is 6.92 Å². The summed E-state index contributed by atoms with van der Waals surface area (Å²) < 4.78 is 0. The molecule has 1 atom stereocenters. The second-order valence-electron chi connectivity index (χ2n) is 4.94. The van der Waals surface area contributed by atoms with Gasteiger partial charge < -0.3 is 10.2 Å². The highest BCUT2D eigenvalue weighted by molar-refractivity contribution is 5.49. The quantitative estimate of drug-likeness (QED) is 0.876. The number of aromatic nitrogens is 2. The van der Waals surface area contributed by atoms with E-state index in [1.807, 2.05) is 13.2 Å². The van der Waals surface area contributed by atoms with Crippen LogP contribution in [0.2, 0.25) is 0 Å². The first-order valence-electron chi connectivity index (χ1n) is 6.62. The molecule has 1 aliphatic rings. The van der Waals surface area contributed by atoms with Gasteiger partial charge in [0.1, 0.15) is 5.82 Å². The lowest BCUT2D eigenvalue weighted by Gasteiger charge is -2.40.